The fourth-order valence-electron chi connectivity index (χ4n) is 2.70. The van der Waals surface area contributed by atoms with Crippen LogP contribution in [0.15, 0.2) is 0 Å². The van der Waals surface area contributed by atoms with Crippen molar-refractivity contribution in [3.05, 3.63) is 11.5 Å². The van der Waals surface area contributed by atoms with Crippen LogP contribution in [0.3, 0.4) is 0 Å². The summed E-state index contributed by atoms with van der Waals surface area (Å²) in [6.45, 7) is 4.39. The van der Waals surface area contributed by atoms with Crippen LogP contribution >= 0.6 is 23.4 Å². The molecule has 0 saturated carbocycles. The minimum Gasteiger partial charge on any atom is -0.308 e. The third kappa shape index (κ3) is 2.70. The molecule has 0 fully saturated rings. The Balaban J connectivity index is 2.61. The lowest BCUT2D eigenvalue weighted by molar-refractivity contribution is 0.525. The van der Waals surface area contributed by atoms with Gasteiger partial charge in [0.15, 0.2) is 5.65 Å². The molecule has 2 aromatic rings. The molecule has 2 rings (SSSR count). The second kappa shape index (κ2) is 6.85. The van der Waals surface area contributed by atoms with Crippen molar-refractivity contribution in [3.63, 3.8) is 0 Å². The normalized spacial score (nSPS) is 13.2. The van der Waals surface area contributed by atoms with Crippen molar-refractivity contribution in [2.24, 2.45) is 7.05 Å². The number of fused-ring (bicyclic) bond motifs is 1. The molecule has 0 bridgehead atoms. The molecule has 0 radical (unpaired) electrons. The first-order valence-corrected chi connectivity index (χ1v) is 9.08. The molecule has 0 aliphatic carbocycles. The average molecular weight is 315 g/mol. The molecule has 20 heavy (non-hydrogen) atoms. The van der Waals surface area contributed by atoms with E-state index >= 15 is 0 Å². The summed E-state index contributed by atoms with van der Waals surface area (Å²) in [5, 5.41) is 4.64. The first-order chi connectivity index (χ1) is 9.67. The maximum Gasteiger partial charge on any atom is 0.159 e. The van der Waals surface area contributed by atoms with Crippen molar-refractivity contribution < 1.29 is 0 Å². The van der Waals surface area contributed by atoms with E-state index < -0.39 is 0 Å². The van der Waals surface area contributed by atoms with E-state index in [-0.39, 0.29) is 0 Å². The van der Waals surface area contributed by atoms with Gasteiger partial charge >= 0.3 is 0 Å². The summed E-state index contributed by atoms with van der Waals surface area (Å²) in [5.41, 5.74) is 3.24. The van der Waals surface area contributed by atoms with Crippen LogP contribution in [-0.2, 0) is 19.3 Å². The van der Waals surface area contributed by atoms with Crippen LogP contribution in [0.5, 0.6) is 0 Å². The van der Waals surface area contributed by atoms with Gasteiger partial charge in [0.2, 0.25) is 0 Å². The fourth-order valence-corrected chi connectivity index (χ4v) is 3.66. The van der Waals surface area contributed by atoms with Gasteiger partial charge in [-0.25, -0.2) is 4.98 Å². The van der Waals surface area contributed by atoms with Crippen LogP contribution in [0.2, 0.25) is 0 Å². The Hall–Kier alpha value is -0.680. The minimum absolute atomic E-state index is 0.425. The molecule has 112 valence electrons. The zero-order valence-corrected chi connectivity index (χ0v) is 14.3. The van der Waals surface area contributed by atoms with Crippen molar-refractivity contribution in [1.29, 1.82) is 0 Å². The molecule has 6 heteroatoms. The number of aryl methyl sites for hydroxylation is 2. The van der Waals surface area contributed by atoms with E-state index in [4.69, 9.17) is 16.6 Å². The van der Waals surface area contributed by atoms with Crippen molar-refractivity contribution in [2.75, 3.05) is 12.0 Å². The number of rotatable bonds is 7. The average Bonchev–Trinajstić information content (AvgIpc) is 2.95. The predicted molar refractivity (Wildman–Crippen MR) is 87.8 cm³/mol. The van der Waals surface area contributed by atoms with Crippen molar-refractivity contribution in [3.8, 4) is 0 Å². The molecule has 0 spiro atoms. The van der Waals surface area contributed by atoms with Crippen LogP contribution in [0, 0.1) is 0 Å². The van der Waals surface area contributed by atoms with Gasteiger partial charge in [0.1, 0.15) is 11.3 Å². The molecule has 0 saturated heterocycles. The van der Waals surface area contributed by atoms with Gasteiger partial charge in [0.05, 0.1) is 11.6 Å². The highest BCUT2D eigenvalue weighted by atomic mass is 35.5. The van der Waals surface area contributed by atoms with Gasteiger partial charge in [-0.3, -0.25) is 4.68 Å². The molecule has 0 aromatic carbocycles. The fraction of sp³-hybridized carbons (Fsp3) is 0.714. The molecular weight excluding hydrogens is 292 g/mol. The monoisotopic (exact) mass is 314 g/mol. The van der Waals surface area contributed by atoms with Crippen LogP contribution in [0.4, 0.5) is 0 Å². The smallest absolute Gasteiger partial charge is 0.159 e. The zero-order chi connectivity index (χ0) is 14.7. The molecule has 2 heterocycles. The molecule has 0 amide bonds. The number of thioether (sulfide) groups is 1. The number of nitrogens with zero attached hydrogens (tertiary/aromatic N) is 4. The highest BCUT2D eigenvalue weighted by Crippen LogP contribution is 2.28. The van der Waals surface area contributed by atoms with Crippen molar-refractivity contribution >= 4 is 34.5 Å². The van der Waals surface area contributed by atoms with E-state index in [0.717, 1.165) is 47.7 Å². The third-order valence-corrected chi connectivity index (χ3v) is 4.57. The van der Waals surface area contributed by atoms with Gasteiger partial charge in [0.25, 0.3) is 0 Å². The number of halogens is 1. The number of aromatic nitrogens is 4. The Bertz CT molecular complexity index is 575. The second-order valence-electron chi connectivity index (χ2n) is 5.04. The van der Waals surface area contributed by atoms with Crippen molar-refractivity contribution in [2.45, 2.75) is 45.0 Å². The number of imidazole rings is 1. The number of alkyl halides is 1. The predicted octanol–water partition coefficient (Wildman–Crippen LogP) is 3.78. The molecule has 0 aliphatic heterocycles. The summed E-state index contributed by atoms with van der Waals surface area (Å²) >= 11 is 7.99. The molecule has 4 nitrogen and oxygen atoms in total. The molecule has 2 aromatic heterocycles. The Morgan fingerprint density at radius 3 is 2.65 bits per heavy atom. The van der Waals surface area contributed by atoms with Gasteiger partial charge in [-0.15, -0.1) is 11.6 Å². The summed E-state index contributed by atoms with van der Waals surface area (Å²) in [5.74, 6) is 2.48. The van der Waals surface area contributed by atoms with Gasteiger partial charge in [-0.2, -0.15) is 16.9 Å². The topological polar surface area (TPSA) is 35.6 Å². The first-order valence-electron chi connectivity index (χ1n) is 7.15. The SMILES string of the molecule is CCCc1nn(C)c2c1nc(CCl)n2C(CC)CSC. The van der Waals surface area contributed by atoms with E-state index in [1.54, 1.807) is 0 Å². The molecular formula is C14H23ClN4S. The Kier molecular flexibility index (Phi) is 5.38. The highest BCUT2D eigenvalue weighted by Gasteiger charge is 2.22. The second-order valence-corrected chi connectivity index (χ2v) is 6.22. The molecule has 1 unspecified atom stereocenters. The van der Waals surface area contributed by atoms with Gasteiger partial charge in [-0.1, -0.05) is 20.3 Å². The van der Waals surface area contributed by atoms with Gasteiger partial charge in [-0.05, 0) is 19.1 Å². The van der Waals surface area contributed by atoms with Crippen LogP contribution in [-0.4, -0.2) is 31.3 Å². The largest absolute Gasteiger partial charge is 0.308 e. The van der Waals surface area contributed by atoms with Crippen LogP contribution < -0.4 is 0 Å². The third-order valence-electron chi connectivity index (χ3n) is 3.61. The quantitative estimate of drug-likeness (QED) is 0.730. The van der Waals surface area contributed by atoms with E-state index in [1.807, 2.05) is 23.5 Å². The Morgan fingerprint density at radius 1 is 1.35 bits per heavy atom. The van der Waals surface area contributed by atoms with E-state index in [9.17, 15) is 0 Å². The molecule has 1 atom stereocenters. The van der Waals surface area contributed by atoms with E-state index in [1.165, 1.54) is 0 Å². The zero-order valence-electron chi connectivity index (χ0n) is 12.7. The van der Waals surface area contributed by atoms with Crippen molar-refractivity contribution in [1.82, 2.24) is 19.3 Å². The Morgan fingerprint density at radius 2 is 2.10 bits per heavy atom. The summed E-state index contributed by atoms with van der Waals surface area (Å²) in [6.07, 6.45) is 5.26. The molecule has 0 aliphatic rings. The van der Waals surface area contributed by atoms with E-state index in [2.05, 4.69) is 29.8 Å². The van der Waals surface area contributed by atoms with Gasteiger partial charge < -0.3 is 4.57 Å². The standard InChI is InChI=1S/C14H23ClN4S/c1-5-7-11-13-14(18(3)17-11)19(12(8-15)16-13)10(6-2)9-20-4/h10H,5-9H2,1-4H3. The van der Waals surface area contributed by atoms with E-state index in [0.29, 0.717) is 11.9 Å². The Labute approximate surface area is 129 Å². The number of hydrogen-bond acceptors (Lipinski definition) is 3. The highest BCUT2D eigenvalue weighted by molar-refractivity contribution is 7.98. The number of hydrogen-bond donors (Lipinski definition) is 0. The summed E-state index contributed by atoms with van der Waals surface area (Å²) in [6, 6.07) is 0.425. The lowest BCUT2D eigenvalue weighted by atomic mass is 10.2. The lowest BCUT2D eigenvalue weighted by Gasteiger charge is -2.18. The first kappa shape index (κ1) is 15.7. The van der Waals surface area contributed by atoms with Crippen LogP contribution in [0.1, 0.15) is 44.2 Å². The maximum atomic E-state index is 6.12. The van der Waals surface area contributed by atoms with Gasteiger partial charge in [0, 0.05) is 18.8 Å². The summed E-state index contributed by atoms with van der Waals surface area (Å²) in [7, 11) is 2.00. The van der Waals surface area contributed by atoms with Crippen LogP contribution in [0.25, 0.3) is 11.2 Å². The molecule has 0 N–H and O–H groups in total. The minimum atomic E-state index is 0.425. The lowest BCUT2D eigenvalue weighted by Crippen LogP contribution is -2.15. The summed E-state index contributed by atoms with van der Waals surface area (Å²) < 4.78 is 4.26. The maximum absolute atomic E-state index is 6.12. The summed E-state index contributed by atoms with van der Waals surface area (Å²) in [4.78, 5) is 4.76.